The summed E-state index contributed by atoms with van der Waals surface area (Å²) in [5.41, 5.74) is 0.873. The molecule has 0 bridgehead atoms. The summed E-state index contributed by atoms with van der Waals surface area (Å²) in [6.07, 6.45) is 0.347. The van der Waals surface area contributed by atoms with Crippen molar-refractivity contribution < 1.29 is 23.9 Å². The van der Waals surface area contributed by atoms with Crippen LogP contribution >= 0.6 is 0 Å². The lowest BCUT2D eigenvalue weighted by atomic mass is 9.87. The molecule has 4 amide bonds. The number of imide groups is 1. The maximum absolute atomic E-state index is 13.1. The van der Waals surface area contributed by atoms with Crippen molar-refractivity contribution in [3.8, 4) is 0 Å². The summed E-state index contributed by atoms with van der Waals surface area (Å²) >= 11 is 0. The van der Waals surface area contributed by atoms with E-state index in [1.165, 1.54) is 13.2 Å². The van der Waals surface area contributed by atoms with Gasteiger partial charge in [-0.3, -0.25) is 14.5 Å². The number of hydrogen-bond acceptors (Lipinski definition) is 5. The van der Waals surface area contributed by atoms with Crippen LogP contribution in [-0.4, -0.2) is 42.4 Å². The summed E-state index contributed by atoms with van der Waals surface area (Å²) < 4.78 is 4.69. The summed E-state index contributed by atoms with van der Waals surface area (Å²) in [6.45, 7) is 3.12. The second-order valence-corrected chi connectivity index (χ2v) is 7.02. The zero-order chi connectivity index (χ0) is 21.9. The van der Waals surface area contributed by atoms with E-state index in [-0.39, 0.29) is 5.56 Å². The number of carbonyl (C=O) groups is 4. The third kappa shape index (κ3) is 3.76. The largest absolute Gasteiger partial charge is 0.465 e. The Morgan fingerprint density at radius 2 is 1.83 bits per heavy atom. The fourth-order valence-electron chi connectivity index (χ4n) is 3.47. The highest BCUT2D eigenvalue weighted by Gasteiger charge is 2.51. The van der Waals surface area contributed by atoms with Crippen LogP contribution in [0.3, 0.4) is 0 Å². The van der Waals surface area contributed by atoms with Crippen molar-refractivity contribution in [1.29, 1.82) is 0 Å². The molecular weight excluding hydrogens is 386 g/mol. The molecule has 1 fully saturated rings. The van der Waals surface area contributed by atoms with E-state index in [1.54, 1.807) is 50.2 Å². The highest BCUT2D eigenvalue weighted by molar-refractivity contribution is 6.10. The molecule has 2 aromatic carbocycles. The number of nitrogens with one attached hydrogen (secondary N) is 2. The Bertz CT molecular complexity index is 1010. The summed E-state index contributed by atoms with van der Waals surface area (Å²) in [4.78, 5) is 50.9. The predicted molar refractivity (Wildman–Crippen MR) is 110 cm³/mol. The van der Waals surface area contributed by atoms with Gasteiger partial charge < -0.3 is 15.4 Å². The van der Waals surface area contributed by atoms with Gasteiger partial charge in [-0.05, 0) is 36.6 Å². The minimum absolute atomic E-state index is 0.280. The van der Waals surface area contributed by atoms with Crippen molar-refractivity contribution in [2.24, 2.45) is 0 Å². The average Bonchev–Trinajstić information content (AvgIpc) is 3.00. The normalized spacial score (nSPS) is 18.2. The minimum Gasteiger partial charge on any atom is -0.465 e. The van der Waals surface area contributed by atoms with Gasteiger partial charge in [-0.25, -0.2) is 9.59 Å². The highest BCUT2D eigenvalue weighted by atomic mass is 16.5. The number of aryl methyl sites for hydroxylation is 1. The Hall–Kier alpha value is -3.68. The van der Waals surface area contributed by atoms with Gasteiger partial charge >= 0.3 is 12.0 Å². The fourth-order valence-corrected chi connectivity index (χ4v) is 3.47. The number of urea groups is 1. The number of amides is 4. The van der Waals surface area contributed by atoms with Crippen molar-refractivity contribution in [2.45, 2.75) is 25.8 Å². The van der Waals surface area contributed by atoms with E-state index in [1.807, 2.05) is 6.07 Å². The zero-order valence-corrected chi connectivity index (χ0v) is 17.0. The van der Waals surface area contributed by atoms with Crippen LogP contribution in [0.5, 0.6) is 0 Å². The van der Waals surface area contributed by atoms with E-state index in [0.717, 1.165) is 10.5 Å². The number of nitrogens with zero attached hydrogens (tertiary/aromatic N) is 1. The van der Waals surface area contributed by atoms with Crippen LogP contribution in [0.1, 0.15) is 34.8 Å². The van der Waals surface area contributed by atoms with Crippen molar-refractivity contribution in [1.82, 2.24) is 10.2 Å². The predicted octanol–water partition coefficient (Wildman–Crippen LogP) is 2.58. The number of rotatable bonds is 6. The lowest BCUT2D eigenvalue weighted by Gasteiger charge is -2.25. The maximum Gasteiger partial charge on any atom is 0.337 e. The van der Waals surface area contributed by atoms with Gasteiger partial charge in [0, 0.05) is 5.69 Å². The summed E-state index contributed by atoms with van der Waals surface area (Å²) in [5.74, 6) is -1.56. The zero-order valence-electron chi connectivity index (χ0n) is 17.0. The standard InChI is InChI=1S/C22H23N3O5/c1-4-22(16-8-6-5-7-9-16)20(28)25(21(29)24-22)13-18(26)23-17-12-15(19(27)30-3)11-10-14(17)2/h5-12H,4,13H2,1-3H3,(H,23,26)(H,24,29)/t22-/m1/s1. The first-order chi connectivity index (χ1) is 14.3. The van der Waals surface area contributed by atoms with Crippen molar-refractivity contribution in [3.63, 3.8) is 0 Å². The van der Waals surface area contributed by atoms with Gasteiger partial charge in [-0.15, -0.1) is 0 Å². The third-order valence-corrected chi connectivity index (χ3v) is 5.21. The molecule has 0 aliphatic carbocycles. The van der Waals surface area contributed by atoms with Crippen LogP contribution in [-0.2, 0) is 19.9 Å². The molecule has 2 N–H and O–H groups in total. The Morgan fingerprint density at radius 1 is 1.13 bits per heavy atom. The molecule has 8 nitrogen and oxygen atoms in total. The molecule has 0 unspecified atom stereocenters. The number of carbonyl (C=O) groups excluding carboxylic acids is 4. The second kappa shape index (κ2) is 8.36. The molecule has 30 heavy (non-hydrogen) atoms. The second-order valence-electron chi connectivity index (χ2n) is 7.02. The van der Waals surface area contributed by atoms with E-state index >= 15 is 0 Å². The molecule has 0 radical (unpaired) electrons. The first kappa shape index (κ1) is 21.0. The van der Waals surface area contributed by atoms with Gasteiger partial charge in [0.15, 0.2) is 0 Å². The fraction of sp³-hybridized carbons (Fsp3) is 0.273. The van der Waals surface area contributed by atoms with Crippen LogP contribution in [0.25, 0.3) is 0 Å². The molecular formula is C22H23N3O5. The number of ether oxygens (including phenoxy) is 1. The number of methoxy groups -OCH3 is 1. The Labute approximate surface area is 174 Å². The van der Waals surface area contributed by atoms with E-state index in [2.05, 4.69) is 10.6 Å². The molecule has 8 heteroatoms. The molecule has 0 saturated carbocycles. The maximum atomic E-state index is 13.1. The molecule has 0 spiro atoms. The van der Waals surface area contributed by atoms with Gasteiger partial charge in [-0.2, -0.15) is 0 Å². The van der Waals surface area contributed by atoms with E-state index < -0.39 is 35.9 Å². The SMILES string of the molecule is CC[C@]1(c2ccccc2)NC(=O)N(CC(=O)Nc2cc(C(=O)OC)ccc2C)C1=O. The Balaban J connectivity index is 1.78. The quantitative estimate of drug-likeness (QED) is 0.564. The molecule has 2 aromatic rings. The van der Waals surface area contributed by atoms with Crippen molar-refractivity contribution in [3.05, 3.63) is 65.2 Å². The molecule has 156 valence electrons. The van der Waals surface area contributed by atoms with Gasteiger partial charge in [0.2, 0.25) is 5.91 Å². The minimum atomic E-state index is -1.20. The number of benzene rings is 2. The van der Waals surface area contributed by atoms with Gasteiger partial charge in [0.05, 0.1) is 12.7 Å². The van der Waals surface area contributed by atoms with E-state index in [0.29, 0.717) is 17.7 Å². The Morgan fingerprint density at radius 3 is 2.47 bits per heavy atom. The van der Waals surface area contributed by atoms with Crippen LogP contribution in [0.4, 0.5) is 10.5 Å². The average molecular weight is 409 g/mol. The van der Waals surface area contributed by atoms with Gasteiger partial charge in [0.25, 0.3) is 5.91 Å². The number of anilines is 1. The van der Waals surface area contributed by atoms with E-state index in [4.69, 9.17) is 4.74 Å². The Kier molecular flexibility index (Phi) is 5.86. The highest BCUT2D eigenvalue weighted by Crippen LogP contribution is 2.32. The van der Waals surface area contributed by atoms with Crippen LogP contribution in [0, 0.1) is 6.92 Å². The van der Waals surface area contributed by atoms with Crippen molar-refractivity contribution >= 4 is 29.5 Å². The lowest BCUT2D eigenvalue weighted by molar-refractivity contribution is -0.134. The molecule has 0 aromatic heterocycles. The molecule has 1 heterocycles. The van der Waals surface area contributed by atoms with E-state index in [9.17, 15) is 19.2 Å². The molecule has 1 saturated heterocycles. The van der Waals surface area contributed by atoms with Crippen LogP contribution in [0.15, 0.2) is 48.5 Å². The monoisotopic (exact) mass is 409 g/mol. The first-order valence-electron chi connectivity index (χ1n) is 9.51. The van der Waals surface area contributed by atoms with Crippen LogP contribution in [0.2, 0.25) is 0 Å². The summed E-state index contributed by atoms with van der Waals surface area (Å²) in [6, 6.07) is 13.1. The molecule has 1 atom stereocenters. The van der Waals surface area contributed by atoms with Crippen LogP contribution < -0.4 is 10.6 Å². The lowest BCUT2D eigenvalue weighted by Crippen LogP contribution is -2.44. The molecule has 1 aliphatic rings. The first-order valence-corrected chi connectivity index (χ1v) is 9.51. The van der Waals surface area contributed by atoms with Crippen molar-refractivity contribution in [2.75, 3.05) is 19.0 Å². The third-order valence-electron chi connectivity index (χ3n) is 5.21. The smallest absolute Gasteiger partial charge is 0.337 e. The topological polar surface area (TPSA) is 105 Å². The van der Waals surface area contributed by atoms with Gasteiger partial charge in [0.1, 0.15) is 12.1 Å². The summed E-state index contributed by atoms with van der Waals surface area (Å²) in [5, 5.41) is 5.40. The summed E-state index contributed by atoms with van der Waals surface area (Å²) in [7, 11) is 1.27. The molecule has 3 rings (SSSR count). The number of hydrogen-bond donors (Lipinski definition) is 2. The molecule has 1 aliphatic heterocycles. The number of esters is 1. The van der Waals surface area contributed by atoms with Gasteiger partial charge in [-0.1, -0.05) is 43.3 Å².